The summed E-state index contributed by atoms with van der Waals surface area (Å²) in [4.78, 5) is 9.33. The lowest BCUT2D eigenvalue weighted by molar-refractivity contribution is 0.890. The van der Waals surface area contributed by atoms with Crippen LogP contribution < -0.4 is 5.32 Å². The van der Waals surface area contributed by atoms with Crippen molar-refractivity contribution < 1.29 is 0 Å². The maximum absolute atomic E-state index is 4.70. The van der Waals surface area contributed by atoms with E-state index < -0.39 is 0 Å². The number of anilines is 1. The van der Waals surface area contributed by atoms with Gasteiger partial charge in [0.1, 0.15) is 11.6 Å². The fourth-order valence-electron chi connectivity index (χ4n) is 2.63. The molecule has 0 unspecified atom stereocenters. The molecule has 20 heavy (non-hydrogen) atoms. The average Bonchev–Trinajstić information content (AvgIpc) is 2.39. The summed E-state index contributed by atoms with van der Waals surface area (Å²) < 4.78 is 0. The lowest BCUT2D eigenvalue weighted by Crippen LogP contribution is -2.07. The van der Waals surface area contributed by atoms with Crippen LogP contribution in [0.3, 0.4) is 0 Å². The van der Waals surface area contributed by atoms with Crippen molar-refractivity contribution in [2.45, 2.75) is 40.5 Å². The van der Waals surface area contributed by atoms with Gasteiger partial charge in [0.05, 0.1) is 0 Å². The molecule has 3 nitrogen and oxygen atoms in total. The second-order valence-electron chi connectivity index (χ2n) is 5.34. The third-order valence-electron chi connectivity index (χ3n) is 3.51. The Kier molecular flexibility index (Phi) is 4.38. The van der Waals surface area contributed by atoms with Crippen molar-refractivity contribution in [3.63, 3.8) is 0 Å². The van der Waals surface area contributed by atoms with E-state index in [0.29, 0.717) is 0 Å². The summed E-state index contributed by atoms with van der Waals surface area (Å²) in [5, 5.41) is 3.17. The highest BCUT2D eigenvalue weighted by molar-refractivity contribution is 5.45. The molecule has 1 aromatic carbocycles. The van der Waals surface area contributed by atoms with Crippen LogP contribution in [0.25, 0.3) is 0 Å². The van der Waals surface area contributed by atoms with Crippen LogP contribution in [-0.2, 0) is 12.8 Å². The average molecular weight is 269 g/mol. The Morgan fingerprint density at radius 2 is 1.65 bits per heavy atom. The fraction of sp³-hybridized carbons (Fsp3) is 0.412. The summed E-state index contributed by atoms with van der Waals surface area (Å²) in [6.07, 6.45) is 1.72. The molecule has 0 aliphatic carbocycles. The van der Waals surface area contributed by atoms with Crippen molar-refractivity contribution in [3.8, 4) is 0 Å². The number of nitrogens with zero attached hydrogens (tertiary/aromatic N) is 2. The molecule has 0 aliphatic heterocycles. The van der Waals surface area contributed by atoms with Crippen molar-refractivity contribution in [1.82, 2.24) is 9.97 Å². The highest BCUT2D eigenvalue weighted by Crippen LogP contribution is 2.18. The minimum absolute atomic E-state index is 0.782. The number of aryl methyl sites for hydroxylation is 3. The lowest BCUT2D eigenvalue weighted by Gasteiger charge is -2.11. The summed E-state index contributed by atoms with van der Waals surface area (Å²) >= 11 is 0. The van der Waals surface area contributed by atoms with E-state index in [2.05, 4.69) is 56.2 Å². The molecule has 0 amide bonds. The topological polar surface area (TPSA) is 37.8 Å². The predicted molar refractivity (Wildman–Crippen MR) is 84.4 cm³/mol. The summed E-state index contributed by atoms with van der Waals surface area (Å²) in [6, 6.07) is 6.61. The minimum Gasteiger partial charge on any atom is -0.373 e. The van der Waals surface area contributed by atoms with Crippen molar-refractivity contribution >= 4 is 5.82 Å². The highest BCUT2D eigenvalue weighted by atomic mass is 15.0. The van der Waals surface area contributed by atoms with Crippen LogP contribution in [0.2, 0.25) is 0 Å². The summed E-state index contributed by atoms with van der Waals surface area (Å²) in [5.74, 6) is 1.83. The zero-order valence-corrected chi connectivity index (χ0v) is 13.0. The third-order valence-corrected chi connectivity index (χ3v) is 3.51. The normalized spacial score (nSPS) is 10.7. The van der Waals surface area contributed by atoms with Gasteiger partial charge in [-0.15, -0.1) is 0 Å². The Hall–Kier alpha value is -1.90. The Balaban J connectivity index is 2.38. The number of benzene rings is 1. The zero-order chi connectivity index (χ0) is 14.7. The second-order valence-corrected chi connectivity index (χ2v) is 5.34. The smallest absolute Gasteiger partial charge is 0.135 e. The zero-order valence-electron chi connectivity index (χ0n) is 13.0. The molecule has 0 atom stereocenters. The van der Waals surface area contributed by atoms with Crippen molar-refractivity contribution in [2.24, 2.45) is 0 Å². The first-order chi connectivity index (χ1) is 9.53. The van der Waals surface area contributed by atoms with Crippen LogP contribution in [0, 0.1) is 20.8 Å². The van der Waals surface area contributed by atoms with Gasteiger partial charge in [-0.2, -0.15) is 0 Å². The Morgan fingerprint density at radius 3 is 2.20 bits per heavy atom. The molecule has 0 spiro atoms. The van der Waals surface area contributed by atoms with Gasteiger partial charge in [0.15, 0.2) is 0 Å². The van der Waals surface area contributed by atoms with Gasteiger partial charge in [-0.1, -0.05) is 36.2 Å². The van der Waals surface area contributed by atoms with Crippen LogP contribution in [-0.4, -0.2) is 17.0 Å². The number of rotatable bonds is 4. The fourth-order valence-corrected chi connectivity index (χ4v) is 2.63. The van der Waals surface area contributed by atoms with Gasteiger partial charge in [-0.3, -0.25) is 0 Å². The van der Waals surface area contributed by atoms with E-state index in [9.17, 15) is 0 Å². The first-order valence-corrected chi connectivity index (χ1v) is 7.14. The van der Waals surface area contributed by atoms with Gasteiger partial charge >= 0.3 is 0 Å². The molecule has 1 heterocycles. The molecule has 1 aromatic heterocycles. The van der Waals surface area contributed by atoms with E-state index >= 15 is 0 Å². The minimum atomic E-state index is 0.782. The number of nitrogens with one attached hydrogen (secondary N) is 1. The van der Waals surface area contributed by atoms with E-state index in [1.807, 2.05) is 7.05 Å². The Bertz CT molecular complexity index is 572. The molecular weight excluding hydrogens is 246 g/mol. The van der Waals surface area contributed by atoms with Crippen LogP contribution in [0.1, 0.15) is 40.7 Å². The number of hydrogen-bond acceptors (Lipinski definition) is 3. The van der Waals surface area contributed by atoms with E-state index in [0.717, 1.165) is 35.7 Å². The predicted octanol–water partition coefficient (Wildman–Crippen LogP) is 3.60. The van der Waals surface area contributed by atoms with E-state index in [4.69, 9.17) is 4.98 Å². The maximum Gasteiger partial charge on any atom is 0.135 e. The Labute approximate surface area is 121 Å². The molecule has 2 aromatic rings. The molecule has 0 bridgehead atoms. The summed E-state index contributed by atoms with van der Waals surface area (Å²) in [6.45, 7) is 8.46. The van der Waals surface area contributed by atoms with Crippen LogP contribution in [0.15, 0.2) is 18.2 Å². The molecule has 3 heteroatoms. The molecule has 106 valence electrons. The van der Waals surface area contributed by atoms with E-state index in [1.165, 1.54) is 16.7 Å². The van der Waals surface area contributed by atoms with Crippen LogP contribution in [0.5, 0.6) is 0 Å². The Morgan fingerprint density at radius 1 is 1.00 bits per heavy atom. The monoisotopic (exact) mass is 269 g/mol. The van der Waals surface area contributed by atoms with Crippen molar-refractivity contribution in [3.05, 3.63) is 52.0 Å². The molecule has 0 fully saturated rings. The molecule has 2 rings (SSSR count). The molecule has 0 aliphatic rings. The number of aromatic nitrogens is 2. The lowest BCUT2D eigenvalue weighted by atomic mass is 10.0. The van der Waals surface area contributed by atoms with Gasteiger partial charge in [0.2, 0.25) is 0 Å². The summed E-state index contributed by atoms with van der Waals surface area (Å²) in [5.41, 5.74) is 6.13. The molecule has 0 saturated heterocycles. The van der Waals surface area contributed by atoms with E-state index in [1.54, 1.807) is 0 Å². The standard InChI is InChI=1S/C17H23N3/c1-6-15-13(4)17(18-5)20-16(19-15)10-14-8-11(2)7-12(3)9-14/h7-9H,6,10H2,1-5H3,(H,18,19,20). The second kappa shape index (κ2) is 6.04. The van der Waals surface area contributed by atoms with Gasteiger partial charge in [0, 0.05) is 24.7 Å². The largest absolute Gasteiger partial charge is 0.373 e. The first-order valence-electron chi connectivity index (χ1n) is 7.14. The highest BCUT2D eigenvalue weighted by Gasteiger charge is 2.09. The summed E-state index contributed by atoms with van der Waals surface area (Å²) in [7, 11) is 1.91. The van der Waals surface area contributed by atoms with Gasteiger partial charge < -0.3 is 5.32 Å². The molecule has 0 radical (unpaired) electrons. The molecular formula is C17H23N3. The van der Waals surface area contributed by atoms with Crippen molar-refractivity contribution in [2.75, 3.05) is 12.4 Å². The first kappa shape index (κ1) is 14.5. The van der Waals surface area contributed by atoms with Crippen molar-refractivity contribution in [1.29, 1.82) is 0 Å². The van der Waals surface area contributed by atoms with Crippen LogP contribution in [0.4, 0.5) is 5.82 Å². The maximum atomic E-state index is 4.70. The third kappa shape index (κ3) is 3.16. The van der Waals surface area contributed by atoms with E-state index in [-0.39, 0.29) is 0 Å². The number of hydrogen-bond donors (Lipinski definition) is 1. The quantitative estimate of drug-likeness (QED) is 0.921. The molecule has 0 saturated carbocycles. The SMILES string of the molecule is CCc1nc(Cc2cc(C)cc(C)c2)nc(NC)c1C. The van der Waals surface area contributed by atoms with Gasteiger partial charge in [0.25, 0.3) is 0 Å². The molecule has 1 N–H and O–H groups in total. The van der Waals surface area contributed by atoms with Gasteiger partial charge in [-0.25, -0.2) is 9.97 Å². The van der Waals surface area contributed by atoms with Gasteiger partial charge in [-0.05, 0) is 32.8 Å². The van der Waals surface area contributed by atoms with Crippen LogP contribution >= 0.6 is 0 Å².